The molecule has 0 amide bonds. The summed E-state index contributed by atoms with van der Waals surface area (Å²) in [4.78, 5) is 2.35. The number of hydrogen-bond donors (Lipinski definition) is 0. The van der Waals surface area contributed by atoms with Crippen molar-refractivity contribution >= 4 is 0 Å². The zero-order valence-electron chi connectivity index (χ0n) is 17.7. The molecule has 0 bridgehead atoms. The highest BCUT2D eigenvalue weighted by molar-refractivity contribution is 5.86. The van der Waals surface area contributed by atoms with Crippen LogP contribution in [0.3, 0.4) is 0 Å². The van der Waals surface area contributed by atoms with Gasteiger partial charge in [0.25, 0.3) is 0 Å². The summed E-state index contributed by atoms with van der Waals surface area (Å²) in [6.07, 6.45) is 0. The van der Waals surface area contributed by atoms with Crippen LogP contribution in [0.5, 0.6) is 0 Å². The Morgan fingerprint density at radius 3 is 1.83 bits per heavy atom. The molecule has 0 saturated heterocycles. The van der Waals surface area contributed by atoms with Gasteiger partial charge in [-0.25, -0.2) is 0 Å². The molecule has 0 heterocycles. The van der Waals surface area contributed by atoms with E-state index in [1.165, 1.54) is 38.9 Å². The Labute approximate surface area is 179 Å². The lowest BCUT2D eigenvalue weighted by Gasteiger charge is -2.34. The molecule has 1 nitrogen and oxygen atoms in total. The van der Waals surface area contributed by atoms with Crippen molar-refractivity contribution in [3.8, 4) is 11.1 Å². The van der Waals surface area contributed by atoms with Gasteiger partial charge in [-0.1, -0.05) is 110 Å². The highest BCUT2D eigenvalue weighted by Crippen LogP contribution is 2.55. The largest absolute Gasteiger partial charge is 0.302 e. The van der Waals surface area contributed by atoms with Crippen molar-refractivity contribution < 1.29 is 0 Å². The van der Waals surface area contributed by atoms with Crippen LogP contribution in [0, 0.1) is 0 Å². The Bertz CT molecular complexity index is 1130. The molecular formula is C29H27N. The molecule has 0 N–H and O–H groups in total. The molecule has 0 fully saturated rings. The molecule has 1 aliphatic carbocycles. The first kappa shape index (κ1) is 18.8. The molecular weight excluding hydrogens is 362 g/mol. The molecule has 5 rings (SSSR count). The van der Waals surface area contributed by atoms with Gasteiger partial charge in [-0.15, -0.1) is 0 Å². The summed E-state index contributed by atoms with van der Waals surface area (Å²) in [5.74, 6) is 0. The molecule has 4 aromatic carbocycles. The first-order chi connectivity index (χ1) is 14.7. The van der Waals surface area contributed by atoms with Gasteiger partial charge in [0.15, 0.2) is 0 Å². The Morgan fingerprint density at radius 2 is 1.20 bits per heavy atom. The fourth-order valence-corrected chi connectivity index (χ4v) is 5.04. The predicted octanol–water partition coefficient (Wildman–Crippen LogP) is 6.50. The lowest BCUT2D eigenvalue weighted by Crippen LogP contribution is -2.29. The molecule has 30 heavy (non-hydrogen) atoms. The monoisotopic (exact) mass is 389 g/mol. The van der Waals surface area contributed by atoms with E-state index < -0.39 is 0 Å². The van der Waals surface area contributed by atoms with Crippen LogP contribution in [0.25, 0.3) is 11.1 Å². The van der Waals surface area contributed by atoms with Crippen molar-refractivity contribution in [2.45, 2.75) is 18.9 Å². The summed E-state index contributed by atoms with van der Waals surface area (Å²) < 4.78 is 0. The zero-order valence-corrected chi connectivity index (χ0v) is 17.7. The van der Waals surface area contributed by atoms with E-state index in [1.807, 2.05) is 0 Å². The average Bonchev–Trinajstić information content (AvgIpc) is 3.11. The summed E-state index contributed by atoms with van der Waals surface area (Å²) >= 11 is 0. The van der Waals surface area contributed by atoms with E-state index in [1.54, 1.807) is 0 Å². The summed E-state index contributed by atoms with van der Waals surface area (Å²) in [6.45, 7) is 4.21. The third kappa shape index (κ3) is 2.81. The smallest absolute Gasteiger partial charge is 0.0713 e. The molecule has 0 atom stereocenters. The molecule has 0 saturated carbocycles. The van der Waals surface area contributed by atoms with Gasteiger partial charge in [-0.3, -0.25) is 0 Å². The normalized spacial score (nSPS) is 13.8. The van der Waals surface area contributed by atoms with Crippen molar-refractivity contribution in [2.24, 2.45) is 0 Å². The molecule has 0 unspecified atom stereocenters. The van der Waals surface area contributed by atoms with Gasteiger partial charge in [0.1, 0.15) is 0 Å². The van der Waals surface area contributed by atoms with Crippen LogP contribution in [0.1, 0.15) is 34.7 Å². The van der Waals surface area contributed by atoms with Crippen LogP contribution in [-0.4, -0.2) is 18.5 Å². The van der Waals surface area contributed by atoms with E-state index in [0.717, 1.165) is 13.1 Å². The first-order valence-corrected chi connectivity index (χ1v) is 10.8. The Hall–Kier alpha value is -3.16. The maximum Gasteiger partial charge on any atom is 0.0713 e. The van der Waals surface area contributed by atoms with Crippen molar-refractivity contribution in [3.63, 3.8) is 0 Å². The minimum absolute atomic E-state index is 0.296. The lowest BCUT2D eigenvalue weighted by atomic mass is 9.67. The maximum atomic E-state index is 2.41. The molecule has 0 radical (unpaired) electrons. The highest BCUT2D eigenvalue weighted by atomic mass is 15.1. The molecule has 1 aliphatic rings. The number of rotatable bonds is 5. The predicted molar refractivity (Wildman–Crippen MR) is 126 cm³/mol. The van der Waals surface area contributed by atoms with Crippen molar-refractivity contribution in [2.75, 3.05) is 13.6 Å². The Balaban J connectivity index is 1.83. The topological polar surface area (TPSA) is 3.24 Å². The first-order valence-electron chi connectivity index (χ1n) is 10.8. The second-order valence-corrected chi connectivity index (χ2v) is 8.24. The van der Waals surface area contributed by atoms with Crippen LogP contribution in [-0.2, 0) is 12.0 Å². The second-order valence-electron chi connectivity index (χ2n) is 8.24. The van der Waals surface area contributed by atoms with Gasteiger partial charge >= 0.3 is 0 Å². The maximum absolute atomic E-state index is 2.41. The van der Waals surface area contributed by atoms with E-state index in [0.29, 0.717) is 0 Å². The number of fused-ring (bicyclic) bond motifs is 3. The average molecular weight is 390 g/mol. The van der Waals surface area contributed by atoms with Gasteiger partial charge in [-0.05, 0) is 52.5 Å². The quantitative estimate of drug-likeness (QED) is 0.331. The Kier molecular flexibility index (Phi) is 4.77. The molecule has 148 valence electrons. The lowest BCUT2D eigenvalue weighted by molar-refractivity contribution is 0.345. The minimum Gasteiger partial charge on any atom is -0.302 e. The van der Waals surface area contributed by atoms with Gasteiger partial charge in [-0.2, -0.15) is 0 Å². The number of hydrogen-bond acceptors (Lipinski definition) is 1. The summed E-state index contributed by atoms with van der Waals surface area (Å²) in [7, 11) is 2.18. The van der Waals surface area contributed by atoms with Crippen molar-refractivity contribution in [1.82, 2.24) is 4.90 Å². The fraction of sp³-hybridized carbons (Fsp3) is 0.172. The molecule has 4 aromatic rings. The third-order valence-corrected chi connectivity index (χ3v) is 6.51. The molecule has 0 aliphatic heterocycles. The Morgan fingerprint density at radius 1 is 0.633 bits per heavy atom. The van der Waals surface area contributed by atoms with Crippen LogP contribution in [0.15, 0.2) is 103 Å². The fourth-order valence-electron chi connectivity index (χ4n) is 5.04. The van der Waals surface area contributed by atoms with Gasteiger partial charge in [0.2, 0.25) is 0 Å². The van der Waals surface area contributed by atoms with Gasteiger partial charge in [0, 0.05) is 6.54 Å². The number of nitrogens with zero attached hydrogens (tertiary/aromatic N) is 1. The van der Waals surface area contributed by atoms with Crippen LogP contribution in [0.4, 0.5) is 0 Å². The third-order valence-electron chi connectivity index (χ3n) is 6.51. The van der Waals surface area contributed by atoms with Crippen molar-refractivity contribution in [3.05, 3.63) is 131 Å². The van der Waals surface area contributed by atoms with Crippen LogP contribution < -0.4 is 0 Å². The van der Waals surface area contributed by atoms with E-state index in [9.17, 15) is 0 Å². The van der Waals surface area contributed by atoms with Crippen LogP contribution in [0.2, 0.25) is 0 Å². The molecule has 0 aromatic heterocycles. The standard InChI is InChI=1S/C29H27N/c1-3-30(2)21-22-12-11-15-24(20-22)29(23-13-5-4-6-14-23)27-18-9-7-16-25(27)26-17-8-10-19-28(26)29/h4-20H,3,21H2,1-2H3. The van der Waals surface area contributed by atoms with Crippen molar-refractivity contribution in [1.29, 1.82) is 0 Å². The van der Waals surface area contributed by atoms with E-state index in [4.69, 9.17) is 0 Å². The summed E-state index contributed by atoms with van der Waals surface area (Å²) in [5, 5.41) is 0. The molecule has 0 spiro atoms. The van der Waals surface area contributed by atoms with E-state index >= 15 is 0 Å². The van der Waals surface area contributed by atoms with Gasteiger partial charge in [0.05, 0.1) is 5.41 Å². The van der Waals surface area contributed by atoms with Crippen LogP contribution >= 0.6 is 0 Å². The highest BCUT2D eigenvalue weighted by Gasteiger charge is 2.45. The zero-order chi connectivity index (χ0) is 20.6. The SMILES string of the molecule is CCN(C)Cc1cccc(C2(c3ccccc3)c3ccccc3-c3ccccc32)c1. The number of benzene rings is 4. The second kappa shape index (κ2) is 7.59. The van der Waals surface area contributed by atoms with Gasteiger partial charge < -0.3 is 4.90 Å². The van der Waals surface area contributed by atoms with E-state index in [2.05, 4.69) is 122 Å². The molecule has 1 heteroatoms. The van der Waals surface area contributed by atoms with E-state index in [-0.39, 0.29) is 5.41 Å². The minimum atomic E-state index is -0.296. The summed E-state index contributed by atoms with van der Waals surface area (Å²) in [5.41, 5.74) is 9.15. The summed E-state index contributed by atoms with van der Waals surface area (Å²) in [6, 6.07) is 38.0.